The molecule has 0 spiro atoms. The van der Waals surface area contributed by atoms with Gasteiger partial charge in [0.1, 0.15) is 0 Å². The number of fused-ring (bicyclic) bond motifs is 1. The van der Waals surface area contributed by atoms with Gasteiger partial charge in [-0.3, -0.25) is 19.2 Å². The lowest BCUT2D eigenvalue weighted by atomic mass is 10.1. The average Bonchev–Trinajstić information content (AvgIpc) is 2.74. The first-order valence-corrected chi connectivity index (χ1v) is 8.19. The number of carbonyl (C=O) groups excluding carboxylic acids is 2. The van der Waals surface area contributed by atoms with Crippen LogP contribution in [0.5, 0.6) is 0 Å². The molecule has 0 saturated carbocycles. The zero-order valence-electron chi connectivity index (χ0n) is 13.9. The Morgan fingerprint density at radius 1 is 1.17 bits per heavy atom. The van der Waals surface area contributed by atoms with Crippen LogP contribution in [0.4, 0.5) is 4.79 Å². The van der Waals surface area contributed by atoms with Crippen LogP contribution >= 0.6 is 0 Å². The van der Waals surface area contributed by atoms with E-state index in [2.05, 4.69) is 16.1 Å². The first-order valence-electron chi connectivity index (χ1n) is 8.19. The van der Waals surface area contributed by atoms with Gasteiger partial charge in [-0.25, -0.2) is 9.69 Å². The Labute approximate surface area is 136 Å². The van der Waals surface area contributed by atoms with E-state index in [4.69, 9.17) is 0 Å². The third kappa shape index (κ3) is 2.54. The van der Waals surface area contributed by atoms with Gasteiger partial charge in [0, 0.05) is 14.1 Å². The Hall–Kier alpha value is -2.18. The molecule has 124 valence electrons. The zero-order valence-corrected chi connectivity index (χ0v) is 13.9. The maximum Gasteiger partial charge on any atom is 0.392 e. The fourth-order valence-corrected chi connectivity index (χ4v) is 3.43. The number of amides is 3. The molecule has 0 aliphatic carbocycles. The molecule has 23 heavy (non-hydrogen) atoms. The molecule has 3 heterocycles. The Balaban J connectivity index is 2.05. The predicted molar refractivity (Wildman–Crippen MR) is 87.5 cm³/mol. The number of carbonyl (C=O) groups is 2. The highest BCUT2D eigenvalue weighted by atomic mass is 16.2. The molecule has 1 atom stereocenters. The summed E-state index contributed by atoms with van der Waals surface area (Å²) in [6.07, 6.45) is 6.49. The lowest BCUT2D eigenvalue weighted by molar-refractivity contribution is -0.531. The van der Waals surface area contributed by atoms with E-state index in [0.717, 1.165) is 31.9 Å². The SMILES string of the molecule is C=CCN1C(=[N+]2CCCCCC2)N=C2C1C(=O)N(C)C(=O)N2C. The minimum Gasteiger partial charge on any atom is -0.270 e. The number of hydrogen-bond acceptors (Lipinski definition) is 2. The van der Waals surface area contributed by atoms with Crippen LogP contribution in [0.1, 0.15) is 25.7 Å². The predicted octanol–water partition coefficient (Wildman–Crippen LogP) is 0.721. The first kappa shape index (κ1) is 15.7. The van der Waals surface area contributed by atoms with Crippen molar-refractivity contribution in [2.75, 3.05) is 33.7 Å². The number of imide groups is 1. The van der Waals surface area contributed by atoms with Gasteiger partial charge in [0.05, 0.1) is 19.6 Å². The molecule has 0 aromatic rings. The summed E-state index contributed by atoms with van der Waals surface area (Å²) in [5.74, 6) is 1.10. The summed E-state index contributed by atoms with van der Waals surface area (Å²) >= 11 is 0. The second-order valence-corrected chi connectivity index (χ2v) is 6.25. The average molecular weight is 318 g/mol. The molecule has 0 bridgehead atoms. The topological polar surface area (TPSA) is 59.2 Å². The van der Waals surface area contributed by atoms with E-state index in [-0.39, 0.29) is 11.9 Å². The minimum absolute atomic E-state index is 0.224. The lowest BCUT2D eigenvalue weighted by Gasteiger charge is -2.32. The van der Waals surface area contributed by atoms with Crippen molar-refractivity contribution in [3.63, 3.8) is 0 Å². The van der Waals surface area contributed by atoms with Crippen LogP contribution in [0.25, 0.3) is 0 Å². The van der Waals surface area contributed by atoms with Crippen LogP contribution in [0.15, 0.2) is 17.6 Å². The van der Waals surface area contributed by atoms with Crippen LogP contribution in [-0.2, 0) is 4.79 Å². The van der Waals surface area contributed by atoms with Crippen molar-refractivity contribution in [2.24, 2.45) is 4.99 Å². The van der Waals surface area contributed by atoms with Crippen molar-refractivity contribution in [1.82, 2.24) is 14.7 Å². The van der Waals surface area contributed by atoms with E-state index in [1.165, 1.54) is 29.7 Å². The van der Waals surface area contributed by atoms with E-state index in [1.54, 1.807) is 13.1 Å². The lowest BCUT2D eigenvalue weighted by Crippen LogP contribution is -2.62. The highest BCUT2D eigenvalue weighted by Gasteiger charge is 2.54. The van der Waals surface area contributed by atoms with E-state index < -0.39 is 6.04 Å². The van der Waals surface area contributed by atoms with Crippen molar-refractivity contribution >= 4 is 23.7 Å². The monoisotopic (exact) mass is 318 g/mol. The fourth-order valence-electron chi connectivity index (χ4n) is 3.43. The van der Waals surface area contributed by atoms with Gasteiger partial charge < -0.3 is 0 Å². The number of likely N-dealkylation sites (N-methyl/N-ethyl adjacent to an activating group) is 2. The molecule has 0 radical (unpaired) electrons. The number of guanidine groups is 1. The number of rotatable bonds is 2. The molecule has 0 aromatic carbocycles. The summed E-state index contributed by atoms with van der Waals surface area (Å²) in [5, 5.41) is 0. The van der Waals surface area contributed by atoms with Gasteiger partial charge in [0.2, 0.25) is 11.9 Å². The molecular formula is C16H24N5O2+. The third-order valence-corrected chi connectivity index (χ3v) is 4.72. The normalized spacial score (nSPS) is 25.6. The highest BCUT2D eigenvalue weighted by Crippen LogP contribution is 2.23. The number of amidine groups is 1. The molecule has 3 aliphatic heterocycles. The van der Waals surface area contributed by atoms with Crippen molar-refractivity contribution in [3.05, 3.63) is 12.7 Å². The summed E-state index contributed by atoms with van der Waals surface area (Å²) in [4.78, 5) is 34.1. The summed E-state index contributed by atoms with van der Waals surface area (Å²) in [7, 11) is 3.20. The number of urea groups is 1. The molecular weight excluding hydrogens is 294 g/mol. The number of aliphatic imine (C=N–C) groups is 1. The van der Waals surface area contributed by atoms with Gasteiger partial charge in [-0.15, -0.1) is 0 Å². The van der Waals surface area contributed by atoms with Gasteiger partial charge in [-0.05, 0) is 12.8 Å². The van der Waals surface area contributed by atoms with Crippen LogP contribution < -0.4 is 0 Å². The van der Waals surface area contributed by atoms with Gasteiger partial charge in [-0.2, -0.15) is 0 Å². The standard InChI is InChI=1S/C16H24N5O2/c1-4-9-21-12-13(18(2)16(23)19(3)14(12)22)17-15(21)20-10-7-5-6-8-11-20/h4,12H,1,5-11H2,2-3H3/q+1. The molecule has 7 nitrogen and oxygen atoms in total. The van der Waals surface area contributed by atoms with E-state index >= 15 is 0 Å². The summed E-state index contributed by atoms with van der Waals surface area (Å²) in [6.45, 7) is 6.22. The highest BCUT2D eigenvalue weighted by molar-refractivity contribution is 6.25. The number of hydrogen-bond donors (Lipinski definition) is 0. The quantitative estimate of drug-likeness (QED) is 0.557. The summed E-state index contributed by atoms with van der Waals surface area (Å²) in [5.41, 5.74) is 0. The molecule has 3 rings (SSSR count). The molecule has 7 heteroatoms. The van der Waals surface area contributed by atoms with Crippen LogP contribution in [0, 0.1) is 0 Å². The van der Waals surface area contributed by atoms with E-state index in [0.29, 0.717) is 12.4 Å². The molecule has 3 aliphatic rings. The summed E-state index contributed by atoms with van der Waals surface area (Å²) in [6, 6.07) is -0.861. The van der Waals surface area contributed by atoms with Crippen molar-refractivity contribution < 1.29 is 14.2 Å². The van der Waals surface area contributed by atoms with Crippen molar-refractivity contribution in [3.8, 4) is 0 Å². The molecule has 2 fully saturated rings. The maximum absolute atomic E-state index is 12.6. The smallest absolute Gasteiger partial charge is 0.270 e. The Kier molecular flexibility index (Phi) is 4.19. The zero-order chi connectivity index (χ0) is 16.6. The van der Waals surface area contributed by atoms with Crippen molar-refractivity contribution in [2.45, 2.75) is 31.7 Å². The molecule has 1 unspecified atom stereocenters. The molecule has 2 saturated heterocycles. The Morgan fingerprint density at radius 3 is 2.43 bits per heavy atom. The van der Waals surface area contributed by atoms with Gasteiger partial charge in [0.15, 0.2) is 0 Å². The molecule has 0 N–H and O–H groups in total. The second kappa shape index (κ2) is 6.14. The second-order valence-electron chi connectivity index (χ2n) is 6.25. The molecule has 3 amide bonds. The largest absolute Gasteiger partial charge is 0.392 e. The minimum atomic E-state index is -0.529. The van der Waals surface area contributed by atoms with E-state index in [1.807, 2.05) is 4.90 Å². The Morgan fingerprint density at radius 2 is 1.83 bits per heavy atom. The van der Waals surface area contributed by atoms with Crippen LogP contribution in [0.3, 0.4) is 0 Å². The van der Waals surface area contributed by atoms with Crippen LogP contribution in [-0.4, -0.2) is 82.8 Å². The first-order chi connectivity index (χ1) is 11.1. The van der Waals surface area contributed by atoms with E-state index in [9.17, 15) is 9.59 Å². The third-order valence-electron chi connectivity index (χ3n) is 4.72. The molecule has 0 aromatic heterocycles. The van der Waals surface area contributed by atoms with Gasteiger partial charge >= 0.3 is 12.0 Å². The fraction of sp³-hybridized carbons (Fsp3) is 0.625. The number of nitrogens with zero attached hydrogens (tertiary/aromatic N) is 5. The van der Waals surface area contributed by atoms with Gasteiger partial charge in [-0.1, -0.05) is 30.5 Å². The maximum atomic E-state index is 12.6. The summed E-state index contributed by atoms with van der Waals surface area (Å²) < 4.78 is 2.24. The van der Waals surface area contributed by atoms with Crippen molar-refractivity contribution in [1.29, 1.82) is 0 Å². The van der Waals surface area contributed by atoms with Crippen LogP contribution in [0.2, 0.25) is 0 Å². The Bertz CT molecular complexity index is 600. The van der Waals surface area contributed by atoms with Gasteiger partial charge in [0.25, 0.3) is 5.91 Å².